The van der Waals surface area contributed by atoms with Crippen molar-refractivity contribution in [1.82, 2.24) is 5.32 Å². The summed E-state index contributed by atoms with van der Waals surface area (Å²) in [7, 11) is 0. The van der Waals surface area contributed by atoms with E-state index >= 15 is 0 Å². The molecule has 0 spiro atoms. The summed E-state index contributed by atoms with van der Waals surface area (Å²) in [5.74, 6) is 0.471. The van der Waals surface area contributed by atoms with Gasteiger partial charge in [-0.15, -0.1) is 0 Å². The molecule has 0 bridgehead atoms. The number of rotatable bonds is 4. The van der Waals surface area contributed by atoms with E-state index < -0.39 is 6.10 Å². The number of carbonyl (C=O) groups is 1. The van der Waals surface area contributed by atoms with Crippen molar-refractivity contribution in [2.75, 3.05) is 6.54 Å². The van der Waals surface area contributed by atoms with Crippen molar-refractivity contribution in [1.29, 1.82) is 0 Å². The maximum atomic E-state index is 11.7. The van der Waals surface area contributed by atoms with Crippen molar-refractivity contribution in [3.05, 3.63) is 34.9 Å². The number of amides is 1. The van der Waals surface area contributed by atoms with E-state index in [2.05, 4.69) is 19.2 Å². The summed E-state index contributed by atoms with van der Waals surface area (Å²) < 4.78 is 0. The lowest BCUT2D eigenvalue weighted by Gasteiger charge is -2.20. The summed E-state index contributed by atoms with van der Waals surface area (Å²) in [5, 5.41) is 13.0. The minimum absolute atomic E-state index is 0.0196. The van der Waals surface area contributed by atoms with Crippen molar-refractivity contribution < 1.29 is 9.90 Å². The van der Waals surface area contributed by atoms with E-state index in [1.54, 1.807) is 0 Å². The van der Waals surface area contributed by atoms with Gasteiger partial charge in [-0.3, -0.25) is 4.79 Å². The molecule has 1 aromatic rings. The van der Waals surface area contributed by atoms with Gasteiger partial charge in [-0.05, 0) is 36.0 Å². The van der Waals surface area contributed by atoms with Gasteiger partial charge in [0.15, 0.2) is 0 Å². The molecule has 0 aliphatic carbocycles. The summed E-state index contributed by atoms with van der Waals surface area (Å²) in [5.41, 5.74) is 2.66. The van der Waals surface area contributed by atoms with Gasteiger partial charge in [0.05, 0.1) is 6.10 Å². The van der Waals surface area contributed by atoms with Crippen LogP contribution in [0.25, 0.3) is 0 Å². The highest BCUT2D eigenvalue weighted by molar-refractivity contribution is 5.96. The van der Waals surface area contributed by atoms with Crippen LogP contribution in [-0.2, 0) is 6.42 Å². The first-order valence-corrected chi connectivity index (χ1v) is 6.71. The Morgan fingerprint density at radius 2 is 2.22 bits per heavy atom. The third-order valence-electron chi connectivity index (χ3n) is 3.77. The molecule has 18 heavy (non-hydrogen) atoms. The molecule has 1 aliphatic heterocycles. The lowest BCUT2D eigenvalue weighted by Crippen LogP contribution is -2.31. The molecule has 98 valence electrons. The number of nitrogens with one attached hydrogen (secondary N) is 1. The van der Waals surface area contributed by atoms with E-state index in [-0.39, 0.29) is 5.91 Å². The normalized spacial score (nSPS) is 17.8. The van der Waals surface area contributed by atoms with Crippen molar-refractivity contribution in [3.63, 3.8) is 0 Å². The lowest BCUT2D eigenvalue weighted by atomic mass is 9.92. The first-order valence-electron chi connectivity index (χ1n) is 6.71. The predicted octanol–water partition coefficient (Wildman–Crippen LogP) is 2.44. The Bertz CT molecular complexity index is 442. The van der Waals surface area contributed by atoms with Gasteiger partial charge in [0.2, 0.25) is 0 Å². The summed E-state index contributed by atoms with van der Waals surface area (Å²) in [4.78, 5) is 11.7. The SMILES string of the molecule is CCC(C)CC(O)c1ccc2c(c1)C(=O)NCC2. The largest absolute Gasteiger partial charge is 0.388 e. The molecule has 2 N–H and O–H groups in total. The summed E-state index contributed by atoms with van der Waals surface area (Å²) in [6, 6.07) is 5.77. The van der Waals surface area contributed by atoms with E-state index in [0.717, 1.165) is 36.0 Å². The van der Waals surface area contributed by atoms with Crippen LogP contribution in [0, 0.1) is 5.92 Å². The van der Waals surface area contributed by atoms with Gasteiger partial charge >= 0.3 is 0 Å². The third-order valence-corrected chi connectivity index (χ3v) is 3.77. The first kappa shape index (κ1) is 13.1. The van der Waals surface area contributed by atoms with Gasteiger partial charge in [0.1, 0.15) is 0 Å². The zero-order chi connectivity index (χ0) is 13.1. The standard InChI is InChI=1S/C15H21NO2/c1-3-10(2)8-14(17)12-5-4-11-6-7-16-15(18)13(11)9-12/h4-5,9-10,14,17H,3,6-8H2,1-2H3,(H,16,18). The summed E-state index contributed by atoms with van der Waals surface area (Å²) in [6.45, 7) is 4.96. The van der Waals surface area contributed by atoms with Crippen LogP contribution in [0.15, 0.2) is 18.2 Å². The quantitative estimate of drug-likeness (QED) is 0.858. The van der Waals surface area contributed by atoms with Gasteiger partial charge < -0.3 is 10.4 Å². The molecule has 2 unspecified atom stereocenters. The molecular formula is C15H21NO2. The fourth-order valence-corrected chi connectivity index (χ4v) is 2.32. The highest BCUT2D eigenvalue weighted by atomic mass is 16.3. The number of fused-ring (bicyclic) bond motifs is 1. The molecular weight excluding hydrogens is 226 g/mol. The molecule has 0 saturated heterocycles. The Hall–Kier alpha value is -1.35. The van der Waals surface area contributed by atoms with Crippen LogP contribution in [0.4, 0.5) is 0 Å². The Morgan fingerprint density at radius 1 is 1.44 bits per heavy atom. The molecule has 0 saturated carbocycles. The van der Waals surface area contributed by atoms with Gasteiger partial charge in [-0.2, -0.15) is 0 Å². The number of benzene rings is 1. The van der Waals surface area contributed by atoms with Crippen LogP contribution in [0.5, 0.6) is 0 Å². The number of carbonyl (C=O) groups excluding carboxylic acids is 1. The van der Waals surface area contributed by atoms with Crippen molar-refractivity contribution in [3.8, 4) is 0 Å². The van der Waals surface area contributed by atoms with Crippen LogP contribution in [-0.4, -0.2) is 17.6 Å². The van der Waals surface area contributed by atoms with Crippen molar-refractivity contribution in [2.45, 2.75) is 39.2 Å². The average molecular weight is 247 g/mol. The number of hydrogen-bond acceptors (Lipinski definition) is 2. The van der Waals surface area contributed by atoms with Gasteiger partial charge in [0.25, 0.3) is 5.91 Å². The van der Waals surface area contributed by atoms with Crippen LogP contribution < -0.4 is 5.32 Å². The van der Waals surface area contributed by atoms with Crippen LogP contribution >= 0.6 is 0 Å². The highest BCUT2D eigenvalue weighted by Crippen LogP contribution is 2.25. The molecule has 0 radical (unpaired) electrons. The Morgan fingerprint density at radius 3 is 2.94 bits per heavy atom. The van der Waals surface area contributed by atoms with E-state index in [0.29, 0.717) is 12.5 Å². The van der Waals surface area contributed by atoms with E-state index in [1.807, 2.05) is 18.2 Å². The lowest BCUT2D eigenvalue weighted by molar-refractivity contribution is 0.0945. The summed E-state index contributed by atoms with van der Waals surface area (Å²) >= 11 is 0. The van der Waals surface area contributed by atoms with E-state index in [1.165, 1.54) is 0 Å². The second-order valence-corrected chi connectivity index (χ2v) is 5.19. The van der Waals surface area contributed by atoms with Crippen LogP contribution in [0.3, 0.4) is 0 Å². The molecule has 0 aromatic heterocycles. The second kappa shape index (κ2) is 5.53. The minimum atomic E-state index is -0.472. The van der Waals surface area contributed by atoms with Gasteiger partial charge in [-0.25, -0.2) is 0 Å². The van der Waals surface area contributed by atoms with E-state index in [9.17, 15) is 9.90 Å². The number of hydrogen-bond donors (Lipinski definition) is 2. The Balaban J connectivity index is 2.19. The van der Waals surface area contributed by atoms with E-state index in [4.69, 9.17) is 0 Å². The molecule has 1 aromatic carbocycles. The third kappa shape index (κ3) is 2.72. The fourth-order valence-electron chi connectivity index (χ4n) is 2.32. The molecule has 1 aliphatic rings. The molecule has 3 nitrogen and oxygen atoms in total. The van der Waals surface area contributed by atoms with Crippen LogP contribution in [0.2, 0.25) is 0 Å². The molecule has 3 heteroatoms. The minimum Gasteiger partial charge on any atom is -0.388 e. The van der Waals surface area contributed by atoms with Gasteiger partial charge in [0, 0.05) is 12.1 Å². The van der Waals surface area contributed by atoms with Crippen molar-refractivity contribution >= 4 is 5.91 Å². The zero-order valence-corrected chi connectivity index (χ0v) is 11.1. The Labute approximate surface area is 108 Å². The monoisotopic (exact) mass is 247 g/mol. The topological polar surface area (TPSA) is 49.3 Å². The fraction of sp³-hybridized carbons (Fsp3) is 0.533. The predicted molar refractivity (Wildman–Crippen MR) is 71.5 cm³/mol. The number of aliphatic hydroxyl groups is 1. The van der Waals surface area contributed by atoms with Gasteiger partial charge in [-0.1, -0.05) is 32.4 Å². The van der Waals surface area contributed by atoms with Crippen LogP contribution in [0.1, 0.15) is 54.3 Å². The smallest absolute Gasteiger partial charge is 0.251 e. The summed E-state index contributed by atoms with van der Waals surface area (Å²) in [6.07, 6.45) is 2.21. The molecule has 1 amide bonds. The maximum absolute atomic E-state index is 11.7. The molecule has 0 fully saturated rings. The van der Waals surface area contributed by atoms with Crippen molar-refractivity contribution in [2.24, 2.45) is 5.92 Å². The second-order valence-electron chi connectivity index (χ2n) is 5.19. The molecule has 2 atom stereocenters. The Kier molecular flexibility index (Phi) is 4.02. The average Bonchev–Trinajstić information content (AvgIpc) is 2.38. The zero-order valence-electron chi connectivity index (χ0n) is 11.1. The highest BCUT2D eigenvalue weighted by Gasteiger charge is 2.19. The molecule has 1 heterocycles. The molecule has 2 rings (SSSR count). The first-order chi connectivity index (χ1) is 8.61. The maximum Gasteiger partial charge on any atom is 0.251 e. The number of aliphatic hydroxyl groups excluding tert-OH is 1.